The van der Waals surface area contributed by atoms with Crippen LogP contribution in [0.2, 0.25) is 0 Å². The Balaban J connectivity index is 1.52. The molecule has 0 heterocycles. The van der Waals surface area contributed by atoms with Gasteiger partial charge in [-0.25, -0.2) is 4.79 Å². The van der Waals surface area contributed by atoms with Crippen molar-refractivity contribution in [1.29, 1.82) is 0 Å². The molecule has 0 aliphatic rings. The monoisotopic (exact) mass is 433 g/mol. The molecular formula is C26H27NO5. The Hall–Kier alpha value is -3.80. The first-order chi connectivity index (χ1) is 15.6. The lowest BCUT2D eigenvalue weighted by molar-refractivity contribution is -0.119. The minimum Gasteiger partial charge on any atom is -0.490 e. The molecular weight excluding hydrogens is 406 g/mol. The molecule has 166 valence electrons. The van der Waals surface area contributed by atoms with Crippen LogP contribution in [-0.4, -0.2) is 31.7 Å². The summed E-state index contributed by atoms with van der Waals surface area (Å²) in [4.78, 5) is 24.9. The molecule has 3 aromatic carbocycles. The van der Waals surface area contributed by atoms with Crippen LogP contribution in [-0.2, 0) is 16.0 Å². The van der Waals surface area contributed by atoms with Gasteiger partial charge in [0, 0.05) is 5.69 Å². The van der Waals surface area contributed by atoms with Gasteiger partial charge in [0.2, 0.25) is 0 Å². The second-order valence-electron chi connectivity index (χ2n) is 7.09. The number of aryl methyl sites for hydroxylation is 2. The van der Waals surface area contributed by atoms with E-state index >= 15 is 0 Å². The van der Waals surface area contributed by atoms with Crippen LogP contribution >= 0.6 is 0 Å². The van der Waals surface area contributed by atoms with Gasteiger partial charge >= 0.3 is 5.97 Å². The lowest BCUT2D eigenvalue weighted by Gasteiger charge is -2.14. The van der Waals surface area contributed by atoms with Crippen LogP contribution in [0.15, 0.2) is 72.8 Å². The van der Waals surface area contributed by atoms with E-state index in [-0.39, 0.29) is 18.8 Å². The van der Waals surface area contributed by atoms with Gasteiger partial charge in [0.25, 0.3) is 5.91 Å². The highest BCUT2D eigenvalue weighted by Gasteiger charge is 2.16. The second-order valence-corrected chi connectivity index (χ2v) is 7.09. The second kappa shape index (κ2) is 11.6. The molecule has 0 aliphatic heterocycles. The highest BCUT2D eigenvalue weighted by Crippen LogP contribution is 2.22. The predicted octanol–water partition coefficient (Wildman–Crippen LogP) is 4.81. The summed E-state index contributed by atoms with van der Waals surface area (Å²) in [6.07, 6.45) is 0.787. The lowest BCUT2D eigenvalue weighted by atomic mass is 10.1. The number of nitrogens with one attached hydrogen (secondary N) is 1. The molecule has 1 N–H and O–H groups in total. The first-order valence-corrected chi connectivity index (χ1v) is 10.5. The van der Waals surface area contributed by atoms with Gasteiger partial charge in [-0.15, -0.1) is 0 Å². The maximum atomic E-state index is 12.6. The largest absolute Gasteiger partial charge is 0.490 e. The van der Waals surface area contributed by atoms with Gasteiger partial charge in [0.05, 0.1) is 0 Å². The SMILES string of the molecule is CCc1cccc(C)c1NC(=O)COC(=O)c1ccccc1OCCOc1ccccc1. The molecule has 0 fully saturated rings. The quantitative estimate of drug-likeness (QED) is 0.367. The minimum absolute atomic E-state index is 0.255. The summed E-state index contributed by atoms with van der Waals surface area (Å²) in [5.74, 6) is 0.105. The average Bonchev–Trinajstić information content (AvgIpc) is 2.82. The number of hydrogen-bond donors (Lipinski definition) is 1. The highest BCUT2D eigenvalue weighted by atomic mass is 16.5. The summed E-state index contributed by atoms with van der Waals surface area (Å²) < 4.78 is 16.5. The number of carbonyl (C=O) groups excluding carboxylic acids is 2. The van der Waals surface area contributed by atoms with E-state index in [0.29, 0.717) is 12.4 Å². The summed E-state index contributed by atoms with van der Waals surface area (Å²) in [6, 6.07) is 22.0. The van der Waals surface area contributed by atoms with Crippen molar-refractivity contribution >= 4 is 17.6 Å². The third kappa shape index (κ3) is 6.35. The summed E-state index contributed by atoms with van der Waals surface area (Å²) in [5, 5.41) is 2.84. The van der Waals surface area contributed by atoms with E-state index in [4.69, 9.17) is 14.2 Å². The Morgan fingerprint density at radius 3 is 2.34 bits per heavy atom. The Bertz CT molecular complexity index is 1050. The molecule has 6 nitrogen and oxygen atoms in total. The number of ether oxygens (including phenoxy) is 3. The zero-order valence-corrected chi connectivity index (χ0v) is 18.3. The molecule has 3 aromatic rings. The Morgan fingerprint density at radius 1 is 0.844 bits per heavy atom. The van der Waals surface area contributed by atoms with Gasteiger partial charge in [-0.2, -0.15) is 0 Å². The van der Waals surface area contributed by atoms with Crippen LogP contribution in [0.25, 0.3) is 0 Å². The summed E-state index contributed by atoms with van der Waals surface area (Å²) >= 11 is 0. The van der Waals surface area contributed by atoms with Gasteiger partial charge in [-0.3, -0.25) is 4.79 Å². The molecule has 0 unspecified atom stereocenters. The Labute approximate surface area is 188 Å². The van der Waals surface area contributed by atoms with Crippen LogP contribution in [0.4, 0.5) is 5.69 Å². The van der Waals surface area contributed by atoms with Gasteiger partial charge in [-0.1, -0.05) is 55.5 Å². The number of esters is 1. The van der Waals surface area contributed by atoms with Crippen LogP contribution in [0, 0.1) is 6.92 Å². The molecule has 0 radical (unpaired) electrons. The Morgan fingerprint density at radius 2 is 1.56 bits per heavy atom. The fourth-order valence-corrected chi connectivity index (χ4v) is 3.18. The normalized spacial score (nSPS) is 10.3. The zero-order valence-electron chi connectivity index (χ0n) is 18.3. The summed E-state index contributed by atoms with van der Waals surface area (Å²) in [5.41, 5.74) is 3.00. The third-order valence-corrected chi connectivity index (χ3v) is 4.80. The maximum absolute atomic E-state index is 12.6. The van der Waals surface area contributed by atoms with E-state index in [0.717, 1.165) is 29.0 Å². The number of anilines is 1. The number of hydrogen-bond acceptors (Lipinski definition) is 5. The van der Waals surface area contributed by atoms with Crippen molar-refractivity contribution < 1.29 is 23.8 Å². The van der Waals surface area contributed by atoms with E-state index in [1.807, 2.05) is 62.4 Å². The number of carbonyl (C=O) groups is 2. The van der Waals surface area contributed by atoms with Crippen LogP contribution in [0.3, 0.4) is 0 Å². The van der Waals surface area contributed by atoms with E-state index in [9.17, 15) is 9.59 Å². The summed E-state index contributed by atoms with van der Waals surface area (Å²) in [6.45, 7) is 4.14. The van der Waals surface area contributed by atoms with E-state index in [1.54, 1.807) is 24.3 Å². The molecule has 0 atom stereocenters. The van der Waals surface area contributed by atoms with E-state index in [2.05, 4.69) is 5.32 Å². The first-order valence-electron chi connectivity index (χ1n) is 10.5. The van der Waals surface area contributed by atoms with Gasteiger partial charge in [0.1, 0.15) is 30.3 Å². The molecule has 3 rings (SSSR count). The fraction of sp³-hybridized carbons (Fsp3) is 0.231. The first kappa shape index (κ1) is 22.9. The van der Waals surface area contributed by atoms with E-state index < -0.39 is 11.9 Å². The molecule has 0 bridgehead atoms. The maximum Gasteiger partial charge on any atom is 0.342 e. The standard InChI is InChI=1S/C26H27NO5/c1-3-20-11-9-10-19(2)25(20)27-24(28)18-32-26(29)22-14-7-8-15-23(22)31-17-16-30-21-12-5-4-6-13-21/h4-15H,3,16-18H2,1-2H3,(H,27,28). The number of amides is 1. The molecule has 0 aromatic heterocycles. The topological polar surface area (TPSA) is 73.9 Å². The van der Waals surface area contributed by atoms with Crippen molar-refractivity contribution in [2.24, 2.45) is 0 Å². The van der Waals surface area contributed by atoms with Crippen LogP contribution < -0.4 is 14.8 Å². The van der Waals surface area contributed by atoms with Crippen LogP contribution in [0.1, 0.15) is 28.4 Å². The fourth-order valence-electron chi connectivity index (χ4n) is 3.18. The van der Waals surface area contributed by atoms with Crippen molar-refractivity contribution in [2.75, 3.05) is 25.1 Å². The smallest absolute Gasteiger partial charge is 0.342 e. The molecule has 32 heavy (non-hydrogen) atoms. The molecule has 0 aliphatic carbocycles. The van der Waals surface area contributed by atoms with Crippen molar-refractivity contribution in [3.8, 4) is 11.5 Å². The summed E-state index contributed by atoms with van der Waals surface area (Å²) in [7, 11) is 0. The molecule has 0 saturated carbocycles. The van der Waals surface area contributed by atoms with Crippen molar-refractivity contribution in [1.82, 2.24) is 0 Å². The lowest BCUT2D eigenvalue weighted by Crippen LogP contribution is -2.22. The number of rotatable bonds is 10. The van der Waals surface area contributed by atoms with Crippen molar-refractivity contribution in [3.63, 3.8) is 0 Å². The number of benzene rings is 3. The van der Waals surface area contributed by atoms with Crippen molar-refractivity contribution in [3.05, 3.63) is 89.5 Å². The molecule has 6 heteroatoms. The van der Waals surface area contributed by atoms with Crippen LogP contribution in [0.5, 0.6) is 11.5 Å². The van der Waals surface area contributed by atoms with Gasteiger partial charge < -0.3 is 19.5 Å². The molecule has 0 saturated heterocycles. The minimum atomic E-state index is -0.625. The van der Waals surface area contributed by atoms with Gasteiger partial charge in [0.15, 0.2) is 6.61 Å². The molecule has 1 amide bonds. The average molecular weight is 434 g/mol. The Kier molecular flexibility index (Phi) is 8.26. The molecule has 0 spiro atoms. The van der Waals surface area contributed by atoms with E-state index in [1.165, 1.54) is 0 Å². The zero-order chi connectivity index (χ0) is 22.8. The third-order valence-electron chi connectivity index (χ3n) is 4.80. The number of para-hydroxylation sites is 3. The van der Waals surface area contributed by atoms with Crippen molar-refractivity contribution in [2.45, 2.75) is 20.3 Å². The van der Waals surface area contributed by atoms with Gasteiger partial charge in [-0.05, 0) is 48.7 Å². The highest BCUT2D eigenvalue weighted by molar-refractivity contribution is 5.97. The predicted molar refractivity (Wildman–Crippen MR) is 123 cm³/mol.